The number of aromatic nitrogens is 1. The first-order chi connectivity index (χ1) is 6.77. The van der Waals surface area contributed by atoms with E-state index in [1.165, 1.54) is 6.26 Å². The molecule has 0 amide bonds. The number of ether oxygens (including phenoxy) is 1. The molecule has 0 aliphatic heterocycles. The van der Waals surface area contributed by atoms with Gasteiger partial charge in [-0.1, -0.05) is 0 Å². The second-order valence-electron chi connectivity index (χ2n) is 2.47. The van der Waals surface area contributed by atoms with Crippen LogP contribution in [0.25, 0.3) is 0 Å². The Balaban J connectivity index is 2.54. The summed E-state index contributed by atoms with van der Waals surface area (Å²) in [5.74, 6) is -0.489. The molecule has 14 heavy (non-hydrogen) atoms. The molecule has 0 radical (unpaired) electrons. The van der Waals surface area contributed by atoms with Gasteiger partial charge >= 0.3 is 5.97 Å². The first-order valence-electron chi connectivity index (χ1n) is 4.34. The molecule has 78 valence electrons. The van der Waals surface area contributed by atoms with Crippen molar-refractivity contribution in [2.75, 3.05) is 25.0 Å². The Morgan fingerprint density at radius 2 is 2.57 bits per heavy atom. The molecule has 0 saturated carbocycles. The highest BCUT2D eigenvalue weighted by molar-refractivity contribution is 5.87. The van der Waals surface area contributed by atoms with E-state index in [-0.39, 0.29) is 11.7 Å². The van der Waals surface area contributed by atoms with E-state index in [0.717, 1.165) is 0 Å². The van der Waals surface area contributed by atoms with Crippen LogP contribution in [0.2, 0.25) is 0 Å². The quantitative estimate of drug-likeness (QED) is 0.659. The third-order valence-electron chi connectivity index (χ3n) is 1.41. The van der Waals surface area contributed by atoms with Crippen LogP contribution in [-0.2, 0) is 4.74 Å². The Morgan fingerprint density at radius 3 is 3.21 bits per heavy atom. The summed E-state index contributed by atoms with van der Waals surface area (Å²) in [6, 6.07) is 0.276. The molecule has 0 atom stereocenters. The number of oxazole rings is 1. The molecule has 1 rings (SSSR count). The van der Waals surface area contributed by atoms with Gasteiger partial charge in [-0.15, -0.1) is 0 Å². The fraction of sp³-hybridized carbons (Fsp3) is 0.500. The molecule has 0 aliphatic carbocycles. The third kappa shape index (κ3) is 2.74. The number of nitrogens with two attached hydrogens (primary N) is 1. The van der Waals surface area contributed by atoms with Gasteiger partial charge in [0.2, 0.25) is 0 Å². The van der Waals surface area contributed by atoms with Crippen LogP contribution in [-0.4, -0.2) is 30.6 Å². The Kier molecular flexibility index (Phi) is 3.93. The van der Waals surface area contributed by atoms with Crippen LogP contribution in [0, 0.1) is 0 Å². The van der Waals surface area contributed by atoms with Gasteiger partial charge in [-0.3, -0.25) is 0 Å². The lowest BCUT2D eigenvalue weighted by Crippen LogP contribution is -2.13. The van der Waals surface area contributed by atoms with Crippen molar-refractivity contribution in [3.05, 3.63) is 12.0 Å². The Morgan fingerprint density at radius 1 is 1.79 bits per heavy atom. The summed E-state index contributed by atoms with van der Waals surface area (Å²) in [6.07, 6.45) is 1.25. The summed E-state index contributed by atoms with van der Waals surface area (Å²) in [4.78, 5) is 15.0. The fourth-order valence-corrected chi connectivity index (χ4v) is 0.833. The maximum absolute atomic E-state index is 11.1. The average molecular weight is 199 g/mol. The molecule has 0 bridgehead atoms. The molecule has 0 saturated heterocycles. The SMILES string of the molecule is CCOC(=O)c1coc(NCCN)n1. The highest BCUT2D eigenvalue weighted by atomic mass is 16.5. The largest absolute Gasteiger partial charge is 0.461 e. The molecule has 3 N–H and O–H groups in total. The maximum atomic E-state index is 11.1. The number of nitrogens with one attached hydrogen (secondary N) is 1. The lowest BCUT2D eigenvalue weighted by Gasteiger charge is -1.96. The second-order valence-corrected chi connectivity index (χ2v) is 2.47. The lowest BCUT2D eigenvalue weighted by atomic mass is 10.5. The molecule has 1 aromatic rings. The summed E-state index contributed by atoms with van der Waals surface area (Å²) in [5.41, 5.74) is 5.43. The van der Waals surface area contributed by atoms with Gasteiger partial charge in [-0.25, -0.2) is 4.79 Å². The van der Waals surface area contributed by atoms with Crippen LogP contribution in [0.5, 0.6) is 0 Å². The van der Waals surface area contributed by atoms with E-state index in [1.807, 2.05) is 0 Å². The molecule has 0 fully saturated rings. The monoisotopic (exact) mass is 199 g/mol. The van der Waals surface area contributed by atoms with E-state index in [0.29, 0.717) is 19.7 Å². The lowest BCUT2D eigenvalue weighted by molar-refractivity contribution is 0.0519. The van der Waals surface area contributed by atoms with E-state index >= 15 is 0 Å². The Hall–Kier alpha value is -1.56. The van der Waals surface area contributed by atoms with Crippen molar-refractivity contribution < 1.29 is 13.9 Å². The highest BCUT2D eigenvalue weighted by Gasteiger charge is 2.12. The van der Waals surface area contributed by atoms with Crippen molar-refractivity contribution >= 4 is 12.0 Å². The molecule has 0 unspecified atom stereocenters. The zero-order valence-corrected chi connectivity index (χ0v) is 7.95. The summed E-state index contributed by atoms with van der Waals surface area (Å²) in [5, 5.41) is 2.80. The Bertz CT molecular complexity index is 298. The van der Waals surface area contributed by atoms with Gasteiger partial charge in [0.15, 0.2) is 5.69 Å². The van der Waals surface area contributed by atoms with Gasteiger partial charge in [0, 0.05) is 13.1 Å². The van der Waals surface area contributed by atoms with Crippen molar-refractivity contribution in [1.29, 1.82) is 0 Å². The van der Waals surface area contributed by atoms with Crippen molar-refractivity contribution in [3.8, 4) is 0 Å². The van der Waals surface area contributed by atoms with Gasteiger partial charge in [0.1, 0.15) is 6.26 Å². The van der Waals surface area contributed by atoms with Crippen LogP contribution >= 0.6 is 0 Å². The van der Waals surface area contributed by atoms with E-state index < -0.39 is 5.97 Å². The van der Waals surface area contributed by atoms with Gasteiger partial charge in [0.05, 0.1) is 6.61 Å². The topological polar surface area (TPSA) is 90.4 Å². The summed E-state index contributed by atoms with van der Waals surface area (Å²) in [7, 11) is 0. The molecular formula is C8H13N3O3. The predicted molar refractivity (Wildman–Crippen MR) is 50.0 cm³/mol. The smallest absolute Gasteiger partial charge is 0.360 e. The minimum atomic E-state index is -0.489. The third-order valence-corrected chi connectivity index (χ3v) is 1.41. The number of hydrogen-bond acceptors (Lipinski definition) is 6. The average Bonchev–Trinajstić information content (AvgIpc) is 2.63. The Labute approximate surface area is 81.4 Å². The van der Waals surface area contributed by atoms with Crippen LogP contribution < -0.4 is 11.1 Å². The van der Waals surface area contributed by atoms with E-state index in [1.54, 1.807) is 6.92 Å². The van der Waals surface area contributed by atoms with Crippen molar-refractivity contribution in [2.24, 2.45) is 5.73 Å². The minimum Gasteiger partial charge on any atom is -0.461 e. The summed E-state index contributed by atoms with van der Waals surface area (Å²) in [6.45, 7) is 3.06. The van der Waals surface area contributed by atoms with Crippen LogP contribution in [0.15, 0.2) is 10.7 Å². The molecule has 6 heteroatoms. The molecule has 0 spiro atoms. The van der Waals surface area contributed by atoms with Gasteiger partial charge in [-0.2, -0.15) is 4.98 Å². The predicted octanol–water partition coefficient (Wildman–Crippen LogP) is 0.222. The first-order valence-corrected chi connectivity index (χ1v) is 4.34. The summed E-state index contributed by atoms with van der Waals surface area (Å²) < 4.78 is 9.69. The molecule has 0 aliphatic rings. The molecule has 1 aromatic heterocycles. The van der Waals surface area contributed by atoms with Crippen LogP contribution in [0.1, 0.15) is 17.4 Å². The van der Waals surface area contributed by atoms with Crippen molar-refractivity contribution in [2.45, 2.75) is 6.92 Å². The molecular weight excluding hydrogens is 186 g/mol. The van der Waals surface area contributed by atoms with E-state index in [2.05, 4.69) is 10.3 Å². The normalized spacial score (nSPS) is 9.86. The second kappa shape index (κ2) is 5.23. The minimum absolute atomic E-state index is 0.159. The number of hydrogen-bond donors (Lipinski definition) is 2. The van der Waals surface area contributed by atoms with Gasteiger partial charge in [0.25, 0.3) is 6.01 Å². The highest BCUT2D eigenvalue weighted by Crippen LogP contribution is 2.07. The fourth-order valence-electron chi connectivity index (χ4n) is 0.833. The summed E-state index contributed by atoms with van der Waals surface area (Å²) >= 11 is 0. The zero-order chi connectivity index (χ0) is 10.4. The number of esters is 1. The standard InChI is InChI=1S/C8H13N3O3/c1-2-13-7(12)6-5-14-8(11-6)10-4-3-9/h5H,2-4,9H2,1H3,(H,10,11). The van der Waals surface area contributed by atoms with Gasteiger partial charge < -0.3 is 20.2 Å². The van der Waals surface area contributed by atoms with Gasteiger partial charge in [-0.05, 0) is 6.92 Å². The van der Waals surface area contributed by atoms with Crippen molar-refractivity contribution in [1.82, 2.24) is 4.98 Å². The van der Waals surface area contributed by atoms with E-state index in [4.69, 9.17) is 14.9 Å². The van der Waals surface area contributed by atoms with E-state index in [9.17, 15) is 4.79 Å². The zero-order valence-electron chi connectivity index (χ0n) is 7.95. The van der Waals surface area contributed by atoms with Crippen molar-refractivity contribution in [3.63, 3.8) is 0 Å². The molecule has 1 heterocycles. The maximum Gasteiger partial charge on any atom is 0.360 e. The number of anilines is 1. The first kappa shape index (κ1) is 10.5. The van der Waals surface area contributed by atoms with Crippen LogP contribution in [0.4, 0.5) is 6.01 Å². The number of nitrogens with zero attached hydrogens (tertiary/aromatic N) is 1. The number of carbonyl (C=O) groups is 1. The molecule has 6 nitrogen and oxygen atoms in total. The molecule has 0 aromatic carbocycles. The van der Waals surface area contributed by atoms with Crippen LogP contribution in [0.3, 0.4) is 0 Å². The number of rotatable bonds is 5. The number of carbonyl (C=O) groups excluding carboxylic acids is 1.